The first-order chi connectivity index (χ1) is 15.2. The zero-order chi connectivity index (χ0) is 21.8. The molecule has 0 fully saturated rings. The van der Waals surface area contributed by atoms with Crippen LogP contribution in [-0.4, -0.2) is 34.2 Å². The van der Waals surface area contributed by atoms with E-state index < -0.39 is 0 Å². The van der Waals surface area contributed by atoms with Gasteiger partial charge in [0.05, 0.1) is 32.3 Å². The first-order valence-electron chi connectivity index (χ1n) is 10.3. The van der Waals surface area contributed by atoms with Gasteiger partial charge in [-0.25, -0.2) is 0 Å². The third kappa shape index (κ3) is 4.32. The summed E-state index contributed by atoms with van der Waals surface area (Å²) in [7, 11) is 4.91. The van der Waals surface area contributed by atoms with E-state index in [2.05, 4.69) is 6.07 Å². The molecule has 3 aromatic carbocycles. The first kappa shape index (κ1) is 21.4. The second-order valence-electron chi connectivity index (χ2n) is 7.49. The maximum Gasteiger partial charge on any atom is 0.147 e. The highest BCUT2D eigenvalue weighted by Crippen LogP contribution is 2.46. The van der Waals surface area contributed by atoms with Crippen LogP contribution in [0.15, 0.2) is 48.5 Å². The number of benzene rings is 3. The van der Waals surface area contributed by atoms with Crippen molar-refractivity contribution in [2.75, 3.05) is 28.1 Å². The summed E-state index contributed by atoms with van der Waals surface area (Å²) in [5.74, 6) is 2.15. The second-order valence-corrected chi connectivity index (χ2v) is 7.49. The fraction of sp³-hybridized carbons (Fsp3) is 0.360. The molecular weight excluding hydrogens is 396 g/mol. The summed E-state index contributed by atoms with van der Waals surface area (Å²) in [4.78, 5) is 0. The monoisotopic (exact) mass is 424 g/mol. The van der Waals surface area contributed by atoms with Gasteiger partial charge in [-0.05, 0) is 35.6 Å². The topological polar surface area (TPSA) is 55.4 Å². The van der Waals surface area contributed by atoms with Crippen molar-refractivity contribution >= 4 is 10.8 Å². The predicted molar refractivity (Wildman–Crippen MR) is 118 cm³/mol. The van der Waals surface area contributed by atoms with Crippen molar-refractivity contribution in [3.8, 4) is 17.2 Å². The Hall–Kier alpha value is -2.80. The molecule has 0 amide bonds. The lowest BCUT2D eigenvalue weighted by atomic mass is 9.91. The largest absolute Gasteiger partial charge is 0.497 e. The summed E-state index contributed by atoms with van der Waals surface area (Å²) >= 11 is 0. The average molecular weight is 424 g/mol. The zero-order valence-corrected chi connectivity index (χ0v) is 18.3. The highest BCUT2D eigenvalue weighted by Gasteiger charge is 2.32. The highest BCUT2D eigenvalue weighted by atomic mass is 16.7. The van der Waals surface area contributed by atoms with Crippen LogP contribution in [0.1, 0.15) is 29.7 Å². The molecule has 164 valence electrons. The van der Waals surface area contributed by atoms with Gasteiger partial charge in [0.25, 0.3) is 0 Å². The van der Waals surface area contributed by atoms with Crippen molar-refractivity contribution in [3.63, 3.8) is 0 Å². The highest BCUT2D eigenvalue weighted by molar-refractivity contribution is 5.97. The Balaban J connectivity index is 1.88. The van der Waals surface area contributed by atoms with Gasteiger partial charge in [-0.3, -0.25) is 0 Å². The molecule has 0 saturated heterocycles. The first-order valence-corrected chi connectivity index (χ1v) is 10.3. The molecule has 1 aliphatic rings. The molecule has 3 aromatic rings. The fourth-order valence-electron chi connectivity index (χ4n) is 4.00. The number of rotatable bonds is 8. The molecule has 4 rings (SSSR count). The molecule has 6 heteroatoms. The normalized spacial score (nSPS) is 17.9. The molecule has 0 aliphatic carbocycles. The molecule has 1 aliphatic heterocycles. The third-order valence-corrected chi connectivity index (χ3v) is 5.54. The van der Waals surface area contributed by atoms with Crippen LogP contribution in [0.25, 0.3) is 10.8 Å². The lowest BCUT2D eigenvalue weighted by Crippen LogP contribution is -2.28. The summed E-state index contributed by atoms with van der Waals surface area (Å²) in [6.07, 6.45) is -0.390. The van der Waals surface area contributed by atoms with Crippen molar-refractivity contribution < 1.29 is 28.4 Å². The lowest BCUT2D eigenvalue weighted by molar-refractivity contribution is -0.138. The van der Waals surface area contributed by atoms with Gasteiger partial charge < -0.3 is 28.4 Å². The van der Waals surface area contributed by atoms with E-state index in [1.54, 1.807) is 21.3 Å². The minimum Gasteiger partial charge on any atom is -0.497 e. The minimum absolute atomic E-state index is 0.116. The molecule has 0 radical (unpaired) electrons. The molecule has 6 nitrogen and oxygen atoms in total. The molecule has 2 atom stereocenters. The van der Waals surface area contributed by atoms with E-state index in [-0.39, 0.29) is 19.0 Å². The SMILES string of the molecule is COCO[C@H]1c2cc3cc(OC)cc(OC)c3c(OCc3ccccc3)c2CO[C@H]1C. The van der Waals surface area contributed by atoms with Crippen molar-refractivity contribution in [2.24, 2.45) is 0 Å². The van der Waals surface area contributed by atoms with Gasteiger partial charge in [-0.15, -0.1) is 0 Å². The van der Waals surface area contributed by atoms with Gasteiger partial charge in [0.15, 0.2) is 0 Å². The van der Waals surface area contributed by atoms with Crippen LogP contribution >= 0.6 is 0 Å². The van der Waals surface area contributed by atoms with Gasteiger partial charge in [0.1, 0.15) is 36.8 Å². The molecular formula is C25H28O6. The van der Waals surface area contributed by atoms with Gasteiger partial charge in [0, 0.05) is 18.7 Å². The Morgan fingerprint density at radius 2 is 1.81 bits per heavy atom. The average Bonchev–Trinajstić information content (AvgIpc) is 2.81. The summed E-state index contributed by atoms with van der Waals surface area (Å²) < 4.78 is 34.8. The Kier molecular flexibility index (Phi) is 6.61. The number of fused-ring (bicyclic) bond motifs is 2. The van der Waals surface area contributed by atoms with Crippen LogP contribution in [0.4, 0.5) is 0 Å². The van der Waals surface area contributed by atoms with Crippen LogP contribution in [0.3, 0.4) is 0 Å². The molecule has 1 heterocycles. The van der Waals surface area contributed by atoms with Crippen molar-refractivity contribution in [1.82, 2.24) is 0 Å². The van der Waals surface area contributed by atoms with Crippen LogP contribution in [0.5, 0.6) is 17.2 Å². The van der Waals surface area contributed by atoms with E-state index in [1.807, 2.05) is 49.4 Å². The van der Waals surface area contributed by atoms with Crippen LogP contribution in [-0.2, 0) is 27.4 Å². The molecule has 0 unspecified atom stereocenters. The van der Waals surface area contributed by atoms with Gasteiger partial charge in [-0.2, -0.15) is 0 Å². The van der Waals surface area contributed by atoms with E-state index in [4.69, 9.17) is 28.4 Å². The van der Waals surface area contributed by atoms with Gasteiger partial charge in [-0.1, -0.05) is 30.3 Å². The van der Waals surface area contributed by atoms with E-state index in [1.165, 1.54) is 0 Å². The van der Waals surface area contributed by atoms with E-state index in [0.29, 0.717) is 24.7 Å². The summed E-state index contributed by atoms with van der Waals surface area (Å²) in [6.45, 7) is 3.04. The summed E-state index contributed by atoms with van der Waals surface area (Å²) in [5, 5.41) is 1.85. The molecule has 0 saturated carbocycles. The maximum absolute atomic E-state index is 6.42. The fourth-order valence-corrected chi connectivity index (χ4v) is 4.00. The van der Waals surface area contributed by atoms with Crippen molar-refractivity contribution in [1.29, 1.82) is 0 Å². The van der Waals surface area contributed by atoms with Crippen LogP contribution in [0.2, 0.25) is 0 Å². The maximum atomic E-state index is 6.42. The third-order valence-electron chi connectivity index (χ3n) is 5.54. The van der Waals surface area contributed by atoms with Gasteiger partial charge >= 0.3 is 0 Å². The smallest absolute Gasteiger partial charge is 0.147 e. The minimum atomic E-state index is -0.274. The molecule has 31 heavy (non-hydrogen) atoms. The number of hydrogen-bond donors (Lipinski definition) is 0. The predicted octanol–water partition coefficient (Wildman–Crippen LogP) is 5.02. The summed E-state index contributed by atoms with van der Waals surface area (Å²) in [5.41, 5.74) is 3.07. The van der Waals surface area contributed by atoms with Crippen LogP contribution < -0.4 is 14.2 Å². The molecule has 0 spiro atoms. The Labute approximate surface area is 182 Å². The molecule has 0 N–H and O–H groups in total. The zero-order valence-electron chi connectivity index (χ0n) is 18.3. The Morgan fingerprint density at radius 1 is 1.00 bits per heavy atom. The summed E-state index contributed by atoms with van der Waals surface area (Å²) in [6, 6.07) is 16.1. The number of hydrogen-bond acceptors (Lipinski definition) is 6. The Bertz CT molecular complexity index is 1030. The lowest BCUT2D eigenvalue weighted by Gasteiger charge is -2.33. The van der Waals surface area contributed by atoms with E-state index >= 15 is 0 Å². The number of methoxy groups -OCH3 is 3. The second kappa shape index (κ2) is 9.56. The van der Waals surface area contributed by atoms with E-state index in [0.717, 1.165) is 33.2 Å². The number of ether oxygens (including phenoxy) is 6. The van der Waals surface area contributed by atoms with Crippen LogP contribution in [0, 0.1) is 0 Å². The van der Waals surface area contributed by atoms with Crippen molar-refractivity contribution in [3.05, 3.63) is 65.2 Å². The van der Waals surface area contributed by atoms with E-state index in [9.17, 15) is 0 Å². The van der Waals surface area contributed by atoms with Gasteiger partial charge in [0.2, 0.25) is 0 Å². The van der Waals surface area contributed by atoms with Crippen molar-refractivity contribution in [2.45, 2.75) is 32.3 Å². The standard InChI is InChI=1S/C25H28O6/c1-16-24(31-15-26-2)20-11-18-10-19(27-3)12-22(28-4)23(18)25(21(20)14-29-16)30-13-17-8-6-5-7-9-17/h5-12,16,24H,13-15H2,1-4H3/t16-,24+/m0/s1. The molecule has 0 bridgehead atoms. The molecule has 0 aromatic heterocycles. The Morgan fingerprint density at radius 3 is 2.52 bits per heavy atom. The quantitative estimate of drug-likeness (QED) is 0.474.